The summed E-state index contributed by atoms with van der Waals surface area (Å²) in [7, 11) is 0. The SMILES string of the molecule is Cc1cnc(C(C)NCc2ccc(F)c(C#N)c2)s1. The minimum absolute atomic E-state index is 0.0806. The van der Waals surface area contributed by atoms with Gasteiger partial charge in [0.25, 0.3) is 0 Å². The topological polar surface area (TPSA) is 48.7 Å². The van der Waals surface area contributed by atoms with E-state index in [4.69, 9.17) is 5.26 Å². The number of nitrogens with zero attached hydrogens (tertiary/aromatic N) is 2. The van der Waals surface area contributed by atoms with Crippen LogP contribution in [-0.4, -0.2) is 4.98 Å². The number of hydrogen-bond donors (Lipinski definition) is 1. The summed E-state index contributed by atoms with van der Waals surface area (Å²) >= 11 is 1.66. The first-order chi connectivity index (χ1) is 9.10. The first-order valence-corrected chi connectivity index (χ1v) is 6.76. The molecule has 1 atom stereocenters. The van der Waals surface area contributed by atoms with Crippen LogP contribution in [0.4, 0.5) is 4.39 Å². The van der Waals surface area contributed by atoms with Crippen molar-refractivity contribution in [2.45, 2.75) is 26.4 Å². The molecule has 2 rings (SSSR count). The van der Waals surface area contributed by atoms with E-state index in [-0.39, 0.29) is 11.6 Å². The second kappa shape index (κ2) is 5.91. The molecular formula is C14H14FN3S. The van der Waals surface area contributed by atoms with Crippen LogP contribution in [0.2, 0.25) is 0 Å². The Balaban J connectivity index is 2.01. The van der Waals surface area contributed by atoms with E-state index in [1.54, 1.807) is 23.5 Å². The Morgan fingerprint density at radius 1 is 1.53 bits per heavy atom. The maximum Gasteiger partial charge on any atom is 0.140 e. The van der Waals surface area contributed by atoms with E-state index >= 15 is 0 Å². The molecule has 0 saturated heterocycles. The molecule has 0 saturated carbocycles. The molecule has 0 aliphatic carbocycles. The Morgan fingerprint density at radius 2 is 2.32 bits per heavy atom. The lowest BCUT2D eigenvalue weighted by Crippen LogP contribution is -2.18. The first kappa shape index (κ1) is 13.7. The second-order valence-corrected chi connectivity index (χ2v) is 5.60. The molecule has 5 heteroatoms. The lowest BCUT2D eigenvalue weighted by atomic mass is 10.1. The molecule has 1 aromatic carbocycles. The number of aryl methyl sites for hydroxylation is 1. The highest BCUT2D eigenvalue weighted by molar-refractivity contribution is 7.11. The number of rotatable bonds is 4. The average molecular weight is 275 g/mol. The van der Waals surface area contributed by atoms with Crippen LogP contribution >= 0.6 is 11.3 Å². The van der Waals surface area contributed by atoms with Crippen molar-refractivity contribution in [2.24, 2.45) is 0 Å². The standard InChI is InChI=1S/C14H14FN3S/c1-9-7-18-14(19-9)10(2)17-8-11-3-4-13(15)12(5-11)6-16/h3-5,7,10,17H,8H2,1-2H3. The summed E-state index contributed by atoms with van der Waals surface area (Å²) < 4.78 is 13.2. The third kappa shape index (κ3) is 3.37. The second-order valence-electron chi connectivity index (χ2n) is 4.34. The molecule has 2 aromatic rings. The average Bonchev–Trinajstić information content (AvgIpc) is 2.84. The minimum atomic E-state index is -0.477. The fourth-order valence-corrected chi connectivity index (χ4v) is 2.50. The summed E-state index contributed by atoms with van der Waals surface area (Å²) in [6, 6.07) is 6.56. The molecule has 98 valence electrons. The summed E-state index contributed by atoms with van der Waals surface area (Å²) in [6.45, 7) is 4.63. The van der Waals surface area contributed by atoms with Gasteiger partial charge in [-0.05, 0) is 31.5 Å². The Morgan fingerprint density at radius 3 is 2.95 bits per heavy atom. The van der Waals surface area contributed by atoms with Crippen LogP contribution < -0.4 is 5.32 Å². The number of nitrogens with one attached hydrogen (secondary N) is 1. The predicted octanol–water partition coefficient (Wildman–Crippen LogP) is 3.31. The molecule has 0 aliphatic rings. The molecule has 0 spiro atoms. The maximum atomic E-state index is 13.2. The van der Waals surface area contributed by atoms with Crippen molar-refractivity contribution in [1.29, 1.82) is 5.26 Å². The number of benzene rings is 1. The van der Waals surface area contributed by atoms with Crippen LogP contribution in [0.3, 0.4) is 0 Å². The zero-order valence-corrected chi connectivity index (χ0v) is 11.6. The van der Waals surface area contributed by atoms with Gasteiger partial charge in [-0.25, -0.2) is 9.37 Å². The Hall–Kier alpha value is -1.77. The van der Waals surface area contributed by atoms with Gasteiger partial charge < -0.3 is 5.32 Å². The molecule has 0 radical (unpaired) electrons. The van der Waals surface area contributed by atoms with Crippen LogP contribution in [-0.2, 0) is 6.54 Å². The molecule has 19 heavy (non-hydrogen) atoms. The van der Waals surface area contributed by atoms with E-state index < -0.39 is 5.82 Å². The smallest absolute Gasteiger partial charge is 0.140 e. The van der Waals surface area contributed by atoms with Gasteiger partial charge >= 0.3 is 0 Å². The highest BCUT2D eigenvalue weighted by Gasteiger charge is 2.09. The minimum Gasteiger partial charge on any atom is -0.304 e. The largest absolute Gasteiger partial charge is 0.304 e. The van der Waals surface area contributed by atoms with Gasteiger partial charge in [0.2, 0.25) is 0 Å². The van der Waals surface area contributed by atoms with E-state index in [1.165, 1.54) is 10.9 Å². The van der Waals surface area contributed by atoms with Crippen molar-refractivity contribution >= 4 is 11.3 Å². The van der Waals surface area contributed by atoms with Gasteiger partial charge in [-0.1, -0.05) is 6.07 Å². The van der Waals surface area contributed by atoms with Crippen LogP contribution in [0.15, 0.2) is 24.4 Å². The van der Waals surface area contributed by atoms with E-state index in [9.17, 15) is 4.39 Å². The summed E-state index contributed by atoms with van der Waals surface area (Å²) in [4.78, 5) is 5.50. The zero-order valence-electron chi connectivity index (χ0n) is 10.8. The van der Waals surface area contributed by atoms with Crippen molar-refractivity contribution in [3.63, 3.8) is 0 Å². The van der Waals surface area contributed by atoms with Crippen molar-refractivity contribution in [1.82, 2.24) is 10.3 Å². The van der Waals surface area contributed by atoms with Crippen LogP contribution in [0.25, 0.3) is 0 Å². The highest BCUT2D eigenvalue weighted by Crippen LogP contribution is 2.19. The summed E-state index contributed by atoms with van der Waals surface area (Å²) in [5.41, 5.74) is 0.968. The van der Waals surface area contributed by atoms with E-state index in [0.717, 1.165) is 10.6 Å². The van der Waals surface area contributed by atoms with Gasteiger partial charge in [0, 0.05) is 17.6 Å². The van der Waals surface area contributed by atoms with Crippen molar-refractivity contribution in [3.05, 3.63) is 51.2 Å². The van der Waals surface area contributed by atoms with Gasteiger partial charge in [-0.15, -0.1) is 11.3 Å². The van der Waals surface area contributed by atoms with Crippen molar-refractivity contribution < 1.29 is 4.39 Å². The third-order valence-corrected chi connectivity index (χ3v) is 3.87. The van der Waals surface area contributed by atoms with Crippen LogP contribution in [0, 0.1) is 24.1 Å². The predicted molar refractivity (Wildman–Crippen MR) is 73.2 cm³/mol. The van der Waals surface area contributed by atoms with Gasteiger partial charge in [-0.2, -0.15) is 5.26 Å². The molecule has 0 fully saturated rings. The molecule has 1 heterocycles. The molecule has 1 N–H and O–H groups in total. The lowest BCUT2D eigenvalue weighted by Gasteiger charge is -2.11. The fourth-order valence-electron chi connectivity index (χ4n) is 1.70. The maximum absolute atomic E-state index is 13.2. The number of nitriles is 1. The lowest BCUT2D eigenvalue weighted by molar-refractivity contribution is 0.569. The number of halogens is 1. The number of thiazole rings is 1. The van der Waals surface area contributed by atoms with Gasteiger partial charge in [0.1, 0.15) is 16.9 Å². The normalized spacial score (nSPS) is 12.1. The summed E-state index contributed by atoms with van der Waals surface area (Å²) in [5, 5.41) is 13.1. The van der Waals surface area contributed by atoms with Gasteiger partial charge in [-0.3, -0.25) is 0 Å². The quantitative estimate of drug-likeness (QED) is 0.931. The Bertz CT molecular complexity index is 615. The Labute approximate surface area is 115 Å². The molecule has 1 aromatic heterocycles. The zero-order chi connectivity index (χ0) is 13.8. The number of aromatic nitrogens is 1. The Kier molecular flexibility index (Phi) is 4.25. The van der Waals surface area contributed by atoms with Gasteiger partial charge in [0.15, 0.2) is 0 Å². The molecule has 0 aliphatic heterocycles. The first-order valence-electron chi connectivity index (χ1n) is 5.94. The highest BCUT2D eigenvalue weighted by atomic mass is 32.1. The number of hydrogen-bond acceptors (Lipinski definition) is 4. The molecular weight excluding hydrogens is 261 g/mol. The molecule has 3 nitrogen and oxygen atoms in total. The van der Waals surface area contributed by atoms with E-state index in [0.29, 0.717) is 6.54 Å². The summed E-state index contributed by atoms with van der Waals surface area (Å²) in [6.07, 6.45) is 1.85. The van der Waals surface area contributed by atoms with E-state index in [2.05, 4.69) is 10.3 Å². The summed E-state index contributed by atoms with van der Waals surface area (Å²) in [5.74, 6) is -0.477. The fraction of sp³-hybridized carbons (Fsp3) is 0.286. The molecule has 0 bridgehead atoms. The molecule has 1 unspecified atom stereocenters. The molecule has 0 amide bonds. The van der Waals surface area contributed by atoms with Crippen molar-refractivity contribution in [2.75, 3.05) is 0 Å². The van der Waals surface area contributed by atoms with Crippen LogP contribution in [0.5, 0.6) is 0 Å². The van der Waals surface area contributed by atoms with Crippen LogP contribution in [0.1, 0.15) is 34.0 Å². The van der Waals surface area contributed by atoms with Gasteiger partial charge in [0.05, 0.1) is 11.6 Å². The monoisotopic (exact) mass is 275 g/mol. The third-order valence-electron chi connectivity index (χ3n) is 2.77. The van der Waals surface area contributed by atoms with Crippen molar-refractivity contribution in [3.8, 4) is 6.07 Å². The van der Waals surface area contributed by atoms with E-state index in [1.807, 2.05) is 26.1 Å².